The fraction of sp³-hybridized carbons (Fsp3) is 0.438. The van der Waals surface area contributed by atoms with E-state index in [9.17, 15) is 5.11 Å². The molecular formula is C16H21N3O2. The molecule has 0 radical (unpaired) electrons. The Kier molecular flexibility index (Phi) is 3.94. The van der Waals surface area contributed by atoms with Gasteiger partial charge in [0.05, 0.1) is 19.8 Å². The number of rotatable bonds is 4. The van der Waals surface area contributed by atoms with Gasteiger partial charge in [-0.1, -0.05) is 11.6 Å². The molecule has 112 valence electrons. The topological polar surface area (TPSA) is 50.5 Å². The minimum Gasteiger partial charge on any atom is -0.496 e. The molecule has 0 amide bonds. The number of imidazole rings is 1. The van der Waals surface area contributed by atoms with Gasteiger partial charge in [-0.05, 0) is 19.1 Å². The standard InChI is InChI=1S/C16H21N3O2/c1-12-3-4-15(21-2)13(9-12)14(20)10-18-7-8-19-6-5-17-16(19)11-18/h3-6,9,14,20H,7-8,10-11H2,1-2H3. The normalized spacial score (nSPS) is 16.5. The Morgan fingerprint density at radius 1 is 1.38 bits per heavy atom. The van der Waals surface area contributed by atoms with Crippen molar-refractivity contribution in [1.29, 1.82) is 0 Å². The molecule has 21 heavy (non-hydrogen) atoms. The summed E-state index contributed by atoms with van der Waals surface area (Å²) in [7, 11) is 1.64. The van der Waals surface area contributed by atoms with Crippen molar-refractivity contribution in [3.8, 4) is 5.75 Å². The van der Waals surface area contributed by atoms with E-state index in [1.807, 2.05) is 37.5 Å². The van der Waals surface area contributed by atoms with Gasteiger partial charge in [0.1, 0.15) is 11.6 Å². The molecule has 1 aliphatic rings. The summed E-state index contributed by atoms with van der Waals surface area (Å²) in [4.78, 5) is 6.58. The number of fused-ring (bicyclic) bond motifs is 1. The van der Waals surface area contributed by atoms with E-state index in [-0.39, 0.29) is 0 Å². The first-order valence-electron chi connectivity index (χ1n) is 7.22. The van der Waals surface area contributed by atoms with Crippen LogP contribution in [0.2, 0.25) is 0 Å². The predicted molar refractivity (Wildman–Crippen MR) is 80.2 cm³/mol. The van der Waals surface area contributed by atoms with Gasteiger partial charge in [0.25, 0.3) is 0 Å². The van der Waals surface area contributed by atoms with Gasteiger partial charge in [0, 0.05) is 37.6 Å². The molecule has 2 aromatic rings. The first-order chi connectivity index (χ1) is 10.2. The zero-order valence-electron chi connectivity index (χ0n) is 12.5. The van der Waals surface area contributed by atoms with Crippen molar-refractivity contribution in [3.63, 3.8) is 0 Å². The summed E-state index contributed by atoms with van der Waals surface area (Å²) < 4.78 is 7.52. The number of aliphatic hydroxyl groups excluding tert-OH is 1. The smallest absolute Gasteiger partial charge is 0.124 e. The van der Waals surface area contributed by atoms with Crippen LogP contribution in [0.5, 0.6) is 5.75 Å². The highest BCUT2D eigenvalue weighted by atomic mass is 16.5. The first-order valence-corrected chi connectivity index (χ1v) is 7.22. The van der Waals surface area contributed by atoms with E-state index in [0.717, 1.165) is 42.3 Å². The summed E-state index contributed by atoms with van der Waals surface area (Å²) in [5, 5.41) is 10.6. The number of methoxy groups -OCH3 is 1. The lowest BCUT2D eigenvalue weighted by Gasteiger charge is -2.29. The van der Waals surface area contributed by atoms with Crippen molar-refractivity contribution in [1.82, 2.24) is 14.5 Å². The average molecular weight is 287 g/mol. The monoisotopic (exact) mass is 287 g/mol. The van der Waals surface area contributed by atoms with E-state index in [0.29, 0.717) is 6.54 Å². The fourth-order valence-corrected chi connectivity index (χ4v) is 2.84. The zero-order chi connectivity index (χ0) is 14.8. The van der Waals surface area contributed by atoms with E-state index in [4.69, 9.17) is 4.74 Å². The number of benzene rings is 1. The molecule has 0 spiro atoms. The van der Waals surface area contributed by atoms with Crippen molar-refractivity contribution < 1.29 is 9.84 Å². The number of hydrogen-bond donors (Lipinski definition) is 1. The Bertz CT molecular complexity index is 624. The fourth-order valence-electron chi connectivity index (χ4n) is 2.84. The number of aromatic nitrogens is 2. The van der Waals surface area contributed by atoms with Crippen LogP contribution in [0.15, 0.2) is 30.6 Å². The van der Waals surface area contributed by atoms with E-state index in [2.05, 4.69) is 14.5 Å². The third kappa shape index (κ3) is 2.94. The summed E-state index contributed by atoms with van der Waals surface area (Å²) in [5.41, 5.74) is 1.98. The van der Waals surface area contributed by atoms with E-state index in [1.54, 1.807) is 7.11 Å². The van der Waals surface area contributed by atoms with Crippen LogP contribution in [0, 0.1) is 6.92 Å². The van der Waals surface area contributed by atoms with Crippen LogP contribution in [0.3, 0.4) is 0 Å². The molecular weight excluding hydrogens is 266 g/mol. The molecule has 3 rings (SSSR count). The first kappa shape index (κ1) is 14.1. The maximum atomic E-state index is 10.6. The van der Waals surface area contributed by atoms with Crippen LogP contribution < -0.4 is 4.74 Å². The average Bonchev–Trinajstić information content (AvgIpc) is 2.94. The van der Waals surface area contributed by atoms with E-state index >= 15 is 0 Å². The molecule has 1 atom stereocenters. The Morgan fingerprint density at radius 2 is 2.24 bits per heavy atom. The molecule has 1 aromatic carbocycles. The molecule has 0 fully saturated rings. The van der Waals surface area contributed by atoms with Gasteiger partial charge in [-0.15, -0.1) is 0 Å². The van der Waals surface area contributed by atoms with Crippen LogP contribution >= 0.6 is 0 Å². The van der Waals surface area contributed by atoms with Gasteiger partial charge in [0.15, 0.2) is 0 Å². The molecule has 1 aliphatic heterocycles. The van der Waals surface area contributed by atoms with E-state index in [1.165, 1.54) is 0 Å². The lowest BCUT2D eigenvalue weighted by Crippen LogP contribution is -2.36. The predicted octanol–water partition coefficient (Wildman–Crippen LogP) is 1.75. The lowest BCUT2D eigenvalue weighted by molar-refractivity contribution is 0.0943. The number of ether oxygens (including phenoxy) is 1. The van der Waals surface area contributed by atoms with Crippen molar-refractivity contribution in [2.45, 2.75) is 26.1 Å². The summed E-state index contributed by atoms with van der Waals surface area (Å²) in [6.45, 7) is 5.24. The third-order valence-corrected chi connectivity index (χ3v) is 4.00. The van der Waals surface area contributed by atoms with Crippen molar-refractivity contribution in [3.05, 3.63) is 47.5 Å². The maximum absolute atomic E-state index is 10.6. The van der Waals surface area contributed by atoms with Crippen molar-refractivity contribution >= 4 is 0 Å². The number of hydrogen-bond acceptors (Lipinski definition) is 4. The summed E-state index contributed by atoms with van der Waals surface area (Å²) >= 11 is 0. The SMILES string of the molecule is COc1ccc(C)cc1C(O)CN1CCn2ccnc2C1. The molecule has 2 heterocycles. The summed E-state index contributed by atoms with van der Waals surface area (Å²) in [5.74, 6) is 1.80. The molecule has 5 nitrogen and oxygen atoms in total. The van der Waals surface area contributed by atoms with Crippen LogP contribution in [0.25, 0.3) is 0 Å². The Balaban J connectivity index is 1.72. The van der Waals surface area contributed by atoms with Crippen LogP contribution in [-0.4, -0.2) is 39.8 Å². The number of aliphatic hydroxyl groups is 1. The second-order valence-electron chi connectivity index (χ2n) is 5.53. The second kappa shape index (κ2) is 5.87. The molecule has 0 aliphatic carbocycles. The maximum Gasteiger partial charge on any atom is 0.124 e. The van der Waals surface area contributed by atoms with Gasteiger partial charge in [-0.3, -0.25) is 4.90 Å². The van der Waals surface area contributed by atoms with Gasteiger partial charge in [-0.2, -0.15) is 0 Å². The largest absolute Gasteiger partial charge is 0.496 e. The van der Waals surface area contributed by atoms with Crippen LogP contribution in [0.1, 0.15) is 23.1 Å². The molecule has 1 aromatic heterocycles. The van der Waals surface area contributed by atoms with Gasteiger partial charge in [-0.25, -0.2) is 4.98 Å². The number of β-amino-alcohol motifs (C(OH)–C–C–N with tert-alkyl or cyclic N) is 1. The third-order valence-electron chi connectivity index (χ3n) is 4.00. The van der Waals surface area contributed by atoms with Gasteiger partial charge in [0.2, 0.25) is 0 Å². The lowest BCUT2D eigenvalue weighted by atomic mass is 10.0. The molecule has 1 N–H and O–H groups in total. The zero-order valence-corrected chi connectivity index (χ0v) is 12.5. The minimum atomic E-state index is -0.554. The van der Waals surface area contributed by atoms with Crippen molar-refractivity contribution in [2.75, 3.05) is 20.2 Å². The minimum absolute atomic E-state index is 0.554. The number of aryl methyl sites for hydroxylation is 1. The Hall–Kier alpha value is -1.85. The molecule has 1 unspecified atom stereocenters. The molecule has 0 bridgehead atoms. The molecule has 0 saturated carbocycles. The highest BCUT2D eigenvalue weighted by Gasteiger charge is 2.21. The second-order valence-corrected chi connectivity index (χ2v) is 5.53. The Labute approximate surface area is 124 Å². The van der Waals surface area contributed by atoms with Gasteiger partial charge >= 0.3 is 0 Å². The summed E-state index contributed by atoms with van der Waals surface area (Å²) in [6.07, 6.45) is 3.28. The van der Waals surface area contributed by atoms with E-state index < -0.39 is 6.10 Å². The molecule has 5 heteroatoms. The molecule has 0 saturated heterocycles. The van der Waals surface area contributed by atoms with Crippen LogP contribution in [-0.2, 0) is 13.1 Å². The van der Waals surface area contributed by atoms with Crippen LogP contribution in [0.4, 0.5) is 0 Å². The van der Waals surface area contributed by atoms with Crippen molar-refractivity contribution in [2.24, 2.45) is 0 Å². The quantitative estimate of drug-likeness (QED) is 0.931. The highest BCUT2D eigenvalue weighted by molar-refractivity contribution is 5.38. The Morgan fingerprint density at radius 3 is 3.05 bits per heavy atom. The highest BCUT2D eigenvalue weighted by Crippen LogP contribution is 2.27. The summed E-state index contributed by atoms with van der Waals surface area (Å²) in [6, 6.07) is 5.90. The van der Waals surface area contributed by atoms with Gasteiger partial charge < -0.3 is 14.4 Å². The number of nitrogens with zero attached hydrogens (tertiary/aromatic N) is 3.